The molecule has 1 aromatic carbocycles. The van der Waals surface area contributed by atoms with E-state index in [0.29, 0.717) is 5.56 Å². The monoisotopic (exact) mass is 161 g/mol. The molecule has 0 saturated heterocycles. The van der Waals surface area contributed by atoms with E-state index in [0.717, 1.165) is 10.9 Å². The van der Waals surface area contributed by atoms with Crippen molar-refractivity contribution in [2.75, 3.05) is 0 Å². The quantitative estimate of drug-likeness (QED) is 0.644. The highest BCUT2D eigenvalue weighted by molar-refractivity contribution is 5.96. The molecular formula is C8H7N3O. The molecule has 0 bridgehead atoms. The van der Waals surface area contributed by atoms with Gasteiger partial charge in [-0.3, -0.25) is 9.89 Å². The molecule has 0 aliphatic carbocycles. The van der Waals surface area contributed by atoms with Gasteiger partial charge in [0.25, 0.3) is 0 Å². The Morgan fingerprint density at radius 1 is 1.50 bits per heavy atom. The molecule has 1 amide bonds. The molecule has 0 saturated carbocycles. The third kappa shape index (κ3) is 0.934. The summed E-state index contributed by atoms with van der Waals surface area (Å²) < 4.78 is 0. The number of fused-ring (bicyclic) bond motifs is 1. The number of hydrogen-bond acceptors (Lipinski definition) is 2. The lowest BCUT2D eigenvalue weighted by Crippen LogP contribution is -2.10. The zero-order valence-electron chi connectivity index (χ0n) is 6.24. The van der Waals surface area contributed by atoms with Crippen LogP contribution in [0.15, 0.2) is 24.4 Å². The highest BCUT2D eigenvalue weighted by Gasteiger charge is 2.01. The number of nitrogens with one attached hydrogen (secondary N) is 1. The fraction of sp³-hybridized carbons (Fsp3) is 0. The van der Waals surface area contributed by atoms with Crippen LogP contribution in [0, 0.1) is 0 Å². The molecule has 3 N–H and O–H groups in total. The van der Waals surface area contributed by atoms with Gasteiger partial charge < -0.3 is 5.73 Å². The molecular weight excluding hydrogens is 154 g/mol. The molecule has 0 unspecified atom stereocenters. The minimum absolute atomic E-state index is 0.425. The third-order valence-electron chi connectivity index (χ3n) is 1.73. The molecule has 1 aromatic heterocycles. The molecule has 1 heterocycles. The van der Waals surface area contributed by atoms with Crippen LogP contribution in [0.4, 0.5) is 0 Å². The van der Waals surface area contributed by atoms with Crippen molar-refractivity contribution in [2.45, 2.75) is 0 Å². The fourth-order valence-corrected chi connectivity index (χ4v) is 1.09. The van der Waals surface area contributed by atoms with Crippen molar-refractivity contribution in [3.05, 3.63) is 30.0 Å². The minimum Gasteiger partial charge on any atom is -0.366 e. The van der Waals surface area contributed by atoms with Crippen molar-refractivity contribution in [1.29, 1.82) is 0 Å². The lowest BCUT2D eigenvalue weighted by Gasteiger charge is -1.93. The second kappa shape index (κ2) is 2.34. The number of H-pyrrole nitrogens is 1. The largest absolute Gasteiger partial charge is 0.366 e. The number of hydrogen-bond donors (Lipinski definition) is 2. The van der Waals surface area contributed by atoms with E-state index in [4.69, 9.17) is 5.73 Å². The summed E-state index contributed by atoms with van der Waals surface area (Å²) in [6.45, 7) is 0. The van der Waals surface area contributed by atoms with Gasteiger partial charge in [0.1, 0.15) is 0 Å². The normalized spacial score (nSPS) is 10.3. The number of aromatic nitrogens is 2. The number of rotatable bonds is 1. The first-order valence-electron chi connectivity index (χ1n) is 3.50. The summed E-state index contributed by atoms with van der Waals surface area (Å²) in [5.74, 6) is -0.425. The van der Waals surface area contributed by atoms with Crippen molar-refractivity contribution in [2.24, 2.45) is 5.73 Å². The molecule has 0 aliphatic heterocycles. The molecule has 2 rings (SSSR count). The zero-order chi connectivity index (χ0) is 8.55. The van der Waals surface area contributed by atoms with Gasteiger partial charge in [0, 0.05) is 10.9 Å². The standard InChI is InChI=1S/C8H7N3O/c9-8(12)5-1-2-6-4-10-11-7(6)3-5/h1-4H,(H2,9,12)(H,10,11). The molecule has 0 radical (unpaired) electrons. The predicted molar refractivity (Wildman–Crippen MR) is 44.6 cm³/mol. The van der Waals surface area contributed by atoms with E-state index in [9.17, 15) is 4.79 Å². The lowest BCUT2D eigenvalue weighted by molar-refractivity contribution is 0.100. The van der Waals surface area contributed by atoms with Gasteiger partial charge in [-0.25, -0.2) is 0 Å². The minimum atomic E-state index is -0.425. The Labute approximate surface area is 68.4 Å². The van der Waals surface area contributed by atoms with Gasteiger partial charge >= 0.3 is 0 Å². The van der Waals surface area contributed by atoms with E-state index in [-0.39, 0.29) is 0 Å². The molecule has 0 atom stereocenters. The summed E-state index contributed by atoms with van der Waals surface area (Å²) in [5.41, 5.74) is 6.42. The summed E-state index contributed by atoms with van der Waals surface area (Å²) in [7, 11) is 0. The van der Waals surface area contributed by atoms with Crippen LogP contribution < -0.4 is 5.73 Å². The maximum Gasteiger partial charge on any atom is 0.248 e. The van der Waals surface area contributed by atoms with E-state index in [1.807, 2.05) is 0 Å². The number of carbonyl (C=O) groups excluding carboxylic acids is 1. The highest BCUT2D eigenvalue weighted by atomic mass is 16.1. The van der Waals surface area contributed by atoms with E-state index in [1.165, 1.54) is 0 Å². The van der Waals surface area contributed by atoms with Gasteiger partial charge in [0.2, 0.25) is 5.91 Å². The summed E-state index contributed by atoms with van der Waals surface area (Å²) in [5, 5.41) is 7.55. The second-order valence-corrected chi connectivity index (χ2v) is 2.54. The molecule has 0 spiro atoms. The summed E-state index contributed by atoms with van der Waals surface area (Å²) in [6.07, 6.45) is 1.69. The lowest BCUT2D eigenvalue weighted by atomic mass is 10.1. The molecule has 0 fully saturated rings. The molecule has 60 valence electrons. The van der Waals surface area contributed by atoms with Crippen molar-refractivity contribution in [1.82, 2.24) is 10.2 Å². The molecule has 0 aliphatic rings. The SMILES string of the molecule is NC(=O)c1ccc2cn[nH]c2c1. The van der Waals surface area contributed by atoms with Crippen molar-refractivity contribution in [3.63, 3.8) is 0 Å². The van der Waals surface area contributed by atoms with Crippen molar-refractivity contribution < 1.29 is 4.79 Å². The van der Waals surface area contributed by atoms with Crippen LogP contribution in [0.2, 0.25) is 0 Å². The van der Waals surface area contributed by atoms with Gasteiger partial charge in [-0.2, -0.15) is 5.10 Å². The van der Waals surface area contributed by atoms with Crippen LogP contribution in [0.25, 0.3) is 10.9 Å². The Balaban J connectivity index is 2.68. The van der Waals surface area contributed by atoms with E-state index in [1.54, 1.807) is 24.4 Å². The van der Waals surface area contributed by atoms with Crippen LogP contribution in [0.5, 0.6) is 0 Å². The number of nitrogens with zero attached hydrogens (tertiary/aromatic N) is 1. The molecule has 12 heavy (non-hydrogen) atoms. The Bertz CT molecular complexity index is 433. The average Bonchev–Trinajstić information content (AvgIpc) is 2.49. The second-order valence-electron chi connectivity index (χ2n) is 2.54. The zero-order valence-corrected chi connectivity index (χ0v) is 6.24. The van der Waals surface area contributed by atoms with E-state index in [2.05, 4.69) is 10.2 Å². The smallest absolute Gasteiger partial charge is 0.248 e. The van der Waals surface area contributed by atoms with Crippen LogP contribution in [-0.2, 0) is 0 Å². The van der Waals surface area contributed by atoms with Gasteiger partial charge in [-0.05, 0) is 12.1 Å². The Kier molecular flexibility index (Phi) is 1.33. The van der Waals surface area contributed by atoms with Gasteiger partial charge in [0.15, 0.2) is 0 Å². The first-order chi connectivity index (χ1) is 5.77. The maximum atomic E-state index is 10.8. The summed E-state index contributed by atoms with van der Waals surface area (Å²) >= 11 is 0. The van der Waals surface area contributed by atoms with Crippen molar-refractivity contribution in [3.8, 4) is 0 Å². The highest BCUT2D eigenvalue weighted by Crippen LogP contribution is 2.11. The van der Waals surface area contributed by atoms with Crippen molar-refractivity contribution >= 4 is 16.8 Å². The van der Waals surface area contributed by atoms with Crippen LogP contribution in [0.1, 0.15) is 10.4 Å². The van der Waals surface area contributed by atoms with Gasteiger partial charge in [-0.1, -0.05) is 6.07 Å². The number of primary amides is 1. The molecule has 4 heteroatoms. The Morgan fingerprint density at radius 3 is 3.08 bits per heavy atom. The van der Waals surface area contributed by atoms with Crippen LogP contribution >= 0.6 is 0 Å². The Hall–Kier alpha value is -1.84. The summed E-state index contributed by atoms with van der Waals surface area (Å²) in [4.78, 5) is 10.8. The van der Waals surface area contributed by atoms with E-state index >= 15 is 0 Å². The molecule has 4 nitrogen and oxygen atoms in total. The Morgan fingerprint density at radius 2 is 2.33 bits per heavy atom. The number of amides is 1. The van der Waals surface area contributed by atoms with Gasteiger partial charge in [0.05, 0.1) is 11.7 Å². The van der Waals surface area contributed by atoms with Crippen LogP contribution in [0.3, 0.4) is 0 Å². The average molecular weight is 161 g/mol. The number of aromatic amines is 1. The number of benzene rings is 1. The topological polar surface area (TPSA) is 71.8 Å². The van der Waals surface area contributed by atoms with Crippen LogP contribution in [-0.4, -0.2) is 16.1 Å². The molecule has 2 aromatic rings. The maximum absolute atomic E-state index is 10.8. The van der Waals surface area contributed by atoms with Gasteiger partial charge in [-0.15, -0.1) is 0 Å². The van der Waals surface area contributed by atoms with E-state index < -0.39 is 5.91 Å². The first-order valence-corrected chi connectivity index (χ1v) is 3.50. The summed E-state index contributed by atoms with van der Waals surface area (Å²) in [6, 6.07) is 5.17. The predicted octanol–water partition coefficient (Wildman–Crippen LogP) is 0.662. The third-order valence-corrected chi connectivity index (χ3v) is 1.73. The fourth-order valence-electron chi connectivity index (χ4n) is 1.09. The number of nitrogens with two attached hydrogens (primary N) is 1. The first kappa shape index (κ1) is 6.84. The number of carbonyl (C=O) groups is 1.